The summed E-state index contributed by atoms with van der Waals surface area (Å²) in [7, 11) is 0. The monoisotopic (exact) mass is 312 g/mol. The van der Waals surface area contributed by atoms with E-state index < -0.39 is 0 Å². The predicted octanol–water partition coefficient (Wildman–Crippen LogP) is 3.50. The lowest BCUT2D eigenvalue weighted by molar-refractivity contribution is -0.896. The van der Waals surface area contributed by atoms with Crippen LogP contribution in [0.3, 0.4) is 0 Å². The Hall–Kier alpha value is -1.64. The first-order valence-corrected chi connectivity index (χ1v) is 8.83. The predicted molar refractivity (Wildman–Crippen MR) is 96.8 cm³/mol. The van der Waals surface area contributed by atoms with Crippen molar-refractivity contribution in [1.29, 1.82) is 0 Å². The van der Waals surface area contributed by atoms with Gasteiger partial charge in [0.05, 0.1) is 25.7 Å². The van der Waals surface area contributed by atoms with Crippen LogP contribution < -0.4 is 4.90 Å². The van der Waals surface area contributed by atoms with E-state index in [-0.39, 0.29) is 12.2 Å². The molecule has 0 amide bonds. The highest BCUT2D eigenvalue weighted by atomic mass is 16.5. The van der Waals surface area contributed by atoms with Crippen molar-refractivity contribution in [3.63, 3.8) is 0 Å². The Kier molecular flexibility index (Phi) is 7.31. The fourth-order valence-corrected chi connectivity index (χ4v) is 2.92. The fourth-order valence-electron chi connectivity index (χ4n) is 2.92. The van der Waals surface area contributed by atoms with Crippen LogP contribution in [0.5, 0.6) is 0 Å². The van der Waals surface area contributed by atoms with Crippen molar-refractivity contribution in [3.8, 4) is 0 Å². The summed E-state index contributed by atoms with van der Waals surface area (Å²) in [5.41, 5.74) is 2.45. The molecule has 0 saturated carbocycles. The Morgan fingerprint density at radius 2 is 1.30 bits per heavy atom. The van der Waals surface area contributed by atoms with Crippen LogP contribution >= 0.6 is 0 Å². The van der Waals surface area contributed by atoms with E-state index in [1.807, 2.05) is 0 Å². The molecule has 0 unspecified atom stereocenters. The van der Waals surface area contributed by atoms with Crippen LogP contribution in [-0.4, -0.2) is 25.7 Å². The van der Waals surface area contributed by atoms with Crippen LogP contribution in [0.1, 0.15) is 44.4 Å². The van der Waals surface area contributed by atoms with Crippen molar-refractivity contribution in [2.45, 2.75) is 39.4 Å². The number of benzene rings is 2. The van der Waals surface area contributed by atoms with E-state index in [0.29, 0.717) is 0 Å². The van der Waals surface area contributed by atoms with Crippen LogP contribution in [-0.2, 0) is 4.74 Å². The van der Waals surface area contributed by atoms with Crippen LogP contribution in [0.25, 0.3) is 0 Å². The first-order chi connectivity index (χ1) is 11.2. The molecule has 0 saturated heterocycles. The Morgan fingerprint density at radius 3 is 1.74 bits per heavy atom. The van der Waals surface area contributed by atoms with Crippen molar-refractivity contribution < 1.29 is 9.64 Å². The Morgan fingerprint density at radius 1 is 0.826 bits per heavy atom. The van der Waals surface area contributed by atoms with E-state index in [1.165, 1.54) is 30.8 Å². The Balaban J connectivity index is 2.06. The normalized spacial score (nSPS) is 12.7. The zero-order valence-electron chi connectivity index (χ0n) is 14.7. The van der Waals surface area contributed by atoms with E-state index in [4.69, 9.17) is 4.74 Å². The number of quaternary nitrogens is 1. The summed E-state index contributed by atoms with van der Waals surface area (Å²) in [6, 6.07) is 21.1. The summed E-state index contributed by atoms with van der Waals surface area (Å²) in [5.74, 6) is 0. The average Bonchev–Trinajstić information content (AvgIpc) is 2.62. The quantitative estimate of drug-likeness (QED) is 0.748. The first kappa shape index (κ1) is 17.7. The largest absolute Gasteiger partial charge is 0.366 e. The lowest BCUT2D eigenvalue weighted by Crippen LogP contribution is -3.11. The lowest BCUT2D eigenvalue weighted by Gasteiger charge is -2.24. The van der Waals surface area contributed by atoms with Gasteiger partial charge in [0.1, 0.15) is 6.10 Å². The van der Waals surface area contributed by atoms with Gasteiger partial charge in [-0.3, -0.25) is 0 Å². The Labute approximate surface area is 141 Å². The summed E-state index contributed by atoms with van der Waals surface area (Å²) in [5, 5.41) is 0. The molecule has 124 valence electrons. The highest BCUT2D eigenvalue weighted by Gasteiger charge is 2.18. The van der Waals surface area contributed by atoms with Gasteiger partial charge in [-0.1, -0.05) is 60.7 Å². The first-order valence-electron chi connectivity index (χ1n) is 8.83. The maximum atomic E-state index is 6.45. The van der Waals surface area contributed by atoms with Gasteiger partial charge >= 0.3 is 0 Å². The molecule has 2 rings (SSSR count). The minimum Gasteiger partial charge on any atom is -0.366 e. The number of hydrogen-bond donors (Lipinski definition) is 1. The molecule has 2 heteroatoms. The van der Waals surface area contributed by atoms with Crippen molar-refractivity contribution >= 4 is 0 Å². The topological polar surface area (TPSA) is 13.7 Å². The summed E-state index contributed by atoms with van der Waals surface area (Å²) in [4.78, 5) is 1.64. The molecule has 0 radical (unpaired) electrons. The van der Waals surface area contributed by atoms with Gasteiger partial charge in [0.15, 0.2) is 0 Å². The lowest BCUT2D eigenvalue weighted by atomic mass is 10.0. The van der Waals surface area contributed by atoms with E-state index in [2.05, 4.69) is 81.4 Å². The molecule has 0 heterocycles. The molecule has 0 fully saturated rings. The summed E-state index contributed by atoms with van der Waals surface area (Å²) in [6.45, 7) is 10.2. The minimum atomic E-state index is 0.0131. The van der Waals surface area contributed by atoms with E-state index in [9.17, 15) is 0 Å². The second-order valence-corrected chi connectivity index (χ2v) is 6.14. The highest BCUT2D eigenvalue weighted by Crippen LogP contribution is 2.27. The minimum absolute atomic E-state index is 0.0131. The summed E-state index contributed by atoms with van der Waals surface area (Å²) < 4.78 is 6.45. The van der Waals surface area contributed by atoms with Gasteiger partial charge < -0.3 is 9.64 Å². The molecule has 0 bridgehead atoms. The van der Waals surface area contributed by atoms with E-state index in [0.717, 1.165) is 6.42 Å². The Bertz CT molecular complexity index is 497. The van der Waals surface area contributed by atoms with Crippen molar-refractivity contribution in [1.82, 2.24) is 0 Å². The maximum Gasteiger partial charge on any atom is 0.108 e. The fraction of sp³-hybridized carbons (Fsp3) is 0.429. The van der Waals surface area contributed by atoms with Crippen LogP contribution in [0.2, 0.25) is 0 Å². The third-order valence-electron chi connectivity index (χ3n) is 4.48. The van der Waals surface area contributed by atoms with Crippen molar-refractivity contribution in [3.05, 3.63) is 71.8 Å². The van der Waals surface area contributed by atoms with Crippen LogP contribution in [0.15, 0.2) is 60.7 Å². The summed E-state index contributed by atoms with van der Waals surface area (Å²) in [6.07, 6.45) is 1.35. The van der Waals surface area contributed by atoms with Crippen molar-refractivity contribution in [2.75, 3.05) is 19.6 Å². The van der Waals surface area contributed by atoms with E-state index >= 15 is 0 Å². The molecule has 0 aliphatic heterocycles. The number of nitrogens with one attached hydrogen (secondary N) is 1. The highest BCUT2D eigenvalue weighted by molar-refractivity contribution is 5.29. The molecular formula is C21H30NO+. The smallest absolute Gasteiger partial charge is 0.108 e. The van der Waals surface area contributed by atoms with E-state index in [1.54, 1.807) is 4.90 Å². The molecule has 1 N–H and O–H groups in total. The maximum absolute atomic E-state index is 6.45. The van der Waals surface area contributed by atoms with Crippen molar-refractivity contribution in [2.24, 2.45) is 0 Å². The van der Waals surface area contributed by atoms with Gasteiger partial charge in [-0.05, 0) is 31.9 Å². The molecule has 0 spiro atoms. The molecule has 0 aliphatic rings. The number of rotatable bonds is 9. The molecule has 2 aromatic rings. The third kappa shape index (κ3) is 5.49. The molecule has 2 aromatic carbocycles. The molecule has 0 aliphatic carbocycles. The van der Waals surface area contributed by atoms with Gasteiger partial charge in [0, 0.05) is 6.42 Å². The number of hydrogen-bond acceptors (Lipinski definition) is 1. The van der Waals surface area contributed by atoms with Gasteiger partial charge in [-0.25, -0.2) is 0 Å². The molecular weight excluding hydrogens is 282 g/mol. The van der Waals surface area contributed by atoms with Crippen LogP contribution in [0.4, 0.5) is 0 Å². The molecule has 1 atom stereocenters. The molecule has 2 nitrogen and oxygen atoms in total. The standard InChI is InChI=1S/C21H29NO/c1-4-22(5-2)17-16-18(3)23-21(19-12-8-6-9-13-19)20-14-10-7-11-15-20/h6-15,18,21H,4-5,16-17H2,1-3H3/p+1/t18-/m1/s1. The zero-order valence-corrected chi connectivity index (χ0v) is 14.7. The second-order valence-electron chi connectivity index (χ2n) is 6.14. The van der Waals surface area contributed by atoms with Gasteiger partial charge in [-0.2, -0.15) is 0 Å². The SMILES string of the molecule is CC[NH+](CC)CC[C@@H](C)OC(c1ccccc1)c1ccccc1. The second kappa shape index (κ2) is 9.49. The summed E-state index contributed by atoms with van der Waals surface area (Å²) >= 11 is 0. The van der Waals surface area contributed by atoms with Gasteiger partial charge in [-0.15, -0.1) is 0 Å². The van der Waals surface area contributed by atoms with Crippen LogP contribution in [0, 0.1) is 0 Å². The van der Waals surface area contributed by atoms with Gasteiger partial charge in [0.2, 0.25) is 0 Å². The third-order valence-corrected chi connectivity index (χ3v) is 4.48. The number of ether oxygens (including phenoxy) is 1. The zero-order chi connectivity index (χ0) is 16.5. The molecule has 23 heavy (non-hydrogen) atoms. The molecule has 0 aromatic heterocycles. The average molecular weight is 312 g/mol. The van der Waals surface area contributed by atoms with Gasteiger partial charge in [0.25, 0.3) is 0 Å².